The van der Waals surface area contributed by atoms with Gasteiger partial charge in [-0.25, -0.2) is 0 Å². The molecule has 6 aromatic carbocycles. The fraction of sp³-hybridized carbons (Fsp3) is 0.125. The predicted molar refractivity (Wildman–Crippen MR) is 218 cm³/mol. The molecule has 0 radical (unpaired) electrons. The average Bonchev–Trinajstić information content (AvgIpc) is 3.67. The number of imidazole rings is 1. The molecule has 0 unspecified atom stereocenters. The van der Waals surface area contributed by atoms with E-state index in [2.05, 4.69) is 193 Å². The summed E-state index contributed by atoms with van der Waals surface area (Å²) in [7, 11) is 2.09. The molecule has 10 rings (SSSR count). The van der Waals surface area contributed by atoms with Gasteiger partial charge in [0.05, 0.1) is 11.0 Å². The van der Waals surface area contributed by atoms with E-state index in [1.807, 2.05) is 24.4 Å². The molecule has 0 saturated carbocycles. The van der Waals surface area contributed by atoms with Crippen LogP contribution in [-0.2, 0) is 38.4 Å². The van der Waals surface area contributed by atoms with Gasteiger partial charge in [-0.1, -0.05) is 57.2 Å². The Morgan fingerprint density at radius 1 is 0.655 bits per heavy atom. The fourth-order valence-corrected chi connectivity index (χ4v) is 8.80. The minimum absolute atomic E-state index is 0.0343. The van der Waals surface area contributed by atoms with Crippen molar-refractivity contribution in [1.29, 1.82) is 0 Å². The van der Waals surface area contributed by atoms with Crippen LogP contribution in [0.4, 0.5) is 11.5 Å². The van der Waals surface area contributed by atoms with Crippen molar-refractivity contribution in [3.63, 3.8) is 0 Å². The summed E-state index contributed by atoms with van der Waals surface area (Å²) in [5.74, 6) is 2.12. The van der Waals surface area contributed by atoms with E-state index in [0.29, 0.717) is 18.0 Å². The maximum absolute atomic E-state index is 6.58. The second kappa shape index (κ2) is 12.8. The topological polar surface area (TPSA) is 40.1 Å². The summed E-state index contributed by atoms with van der Waals surface area (Å²) >= 11 is 2.37. The standard InChI is InChI=1S/C48H37N5O.Pt/c1-48(2,3)33-24-25-49-47(27-33)51-30-32-26-35(53-42-16-7-5-14-39(42)40-15-6-8-17-43(40)53)20-22-38(32)41-23-21-37(29-46(41)51)54-36-13-11-12-34(28-36)52-31-50(4)44-18-9-10-19-45(44)52;/h5-27H,30H2,1-4H3;/q-2;. The van der Waals surface area contributed by atoms with Gasteiger partial charge in [-0.3, -0.25) is 0 Å². The van der Waals surface area contributed by atoms with Crippen molar-refractivity contribution in [3.05, 3.63) is 167 Å². The number of aromatic nitrogens is 4. The Morgan fingerprint density at radius 2 is 1.33 bits per heavy atom. The van der Waals surface area contributed by atoms with Gasteiger partial charge in [0, 0.05) is 22.7 Å². The Labute approximate surface area is 330 Å². The Hall–Kier alpha value is -5.97. The number of hydrogen-bond acceptors (Lipinski definition) is 3. The first-order valence-corrected chi connectivity index (χ1v) is 19.6. The summed E-state index contributed by atoms with van der Waals surface area (Å²) in [4.78, 5) is 7.23. The summed E-state index contributed by atoms with van der Waals surface area (Å²) in [6, 6.07) is 54.3. The molecule has 55 heavy (non-hydrogen) atoms. The van der Waals surface area contributed by atoms with Crippen molar-refractivity contribution in [2.24, 2.45) is 7.05 Å². The predicted octanol–water partition coefficient (Wildman–Crippen LogP) is 11.5. The SMILES string of the molecule is Cn1[c](=[Pt])n(-c2[c-]c(Oc3[c-]c4c(cc3)-c3ccc(-n5c6ccccc6c6ccccc65)cc3CN4c3cc(C(C)(C)C)ccn3)ccc2)c2ccccc21. The average molecular weight is 895 g/mol. The third-order valence-corrected chi connectivity index (χ3v) is 12.0. The second-order valence-electron chi connectivity index (χ2n) is 15.2. The summed E-state index contributed by atoms with van der Waals surface area (Å²) in [6.07, 6.45) is 1.92. The Kier molecular flexibility index (Phi) is 7.83. The summed E-state index contributed by atoms with van der Waals surface area (Å²) in [5, 5.41) is 2.50. The number of ether oxygens (including phenoxy) is 1. The number of hydrogen-bond donors (Lipinski definition) is 0. The first-order valence-electron chi connectivity index (χ1n) is 18.5. The van der Waals surface area contributed by atoms with E-state index in [-0.39, 0.29) is 5.41 Å². The number of nitrogens with zero attached hydrogens (tertiary/aromatic N) is 5. The molecule has 0 bridgehead atoms. The quantitative estimate of drug-likeness (QED) is 0.162. The molecule has 3 aromatic heterocycles. The Balaban J connectivity index is 1.09. The van der Waals surface area contributed by atoms with Crippen LogP contribution in [0.15, 0.2) is 140 Å². The van der Waals surface area contributed by atoms with Crippen molar-refractivity contribution >= 4 is 44.3 Å². The van der Waals surface area contributed by atoms with Gasteiger partial charge in [-0.05, 0) is 41.3 Å². The molecule has 0 spiro atoms. The van der Waals surface area contributed by atoms with Crippen LogP contribution >= 0.6 is 0 Å². The van der Waals surface area contributed by atoms with Gasteiger partial charge in [0.15, 0.2) is 0 Å². The first-order chi connectivity index (χ1) is 26.7. The number of benzene rings is 6. The summed E-state index contributed by atoms with van der Waals surface area (Å²) < 4.78 is 14.4. The van der Waals surface area contributed by atoms with Crippen molar-refractivity contribution in [2.75, 3.05) is 4.90 Å². The molecule has 7 heteroatoms. The monoisotopic (exact) mass is 894 g/mol. The van der Waals surface area contributed by atoms with Gasteiger partial charge in [0.2, 0.25) is 0 Å². The molecule has 1 aliphatic heterocycles. The zero-order chi connectivity index (χ0) is 37.4. The van der Waals surface area contributed by atoms with Gasteiger partial charge < -0.3 is 4.57 Å². The second-order valence-corrected chi connectivity index (χ2v) is 16.2. The van der Waals surface area contributed by atoms with Crippen LogP contribution in [-0.4, -0.2) is 18.7 Å². The molecular weight excluding hydrogens is 858 g/mol. The Bertz CT molecular complexity index is 2980. The normalized spacial score (nSPS) is 12.7. The molecule has 4 heterocycles. The zero-order valence-corrected chi connectivity index (χ0v) is 33.2. The van der Waals surface area contributed by atoms with Crippen LogP contribution in [0.2, 0.25) is 0 Å². The van der Waals surface area contributed by atoms with E-state index >= 15 is 0 Å². The molecule has 0 saturated heterocycles. The molecule has 272 valence electrons. The molecule has 0 N–H and O–H groups in total. The van der Waals surface area contributed by atoms with E-state index in [0.717, 1.165) is 43.3 Å². The first kappa shape index (κ1) is 33.6. The third kappa shape index (κ3) is 5.58. The van der Waals surface area contributed by atoms with Crippen molar-refractivity contribution in [1.82, 2.24) is 18.7 Å². The third-order valence-electron chi connectivity index (χ3n) is 10.7. The number of fused-ring (bicyclic) bond motifs is 7. The molecule has 1 aliphatic rings. The molecule has 0 amide bonds. The number of anilines is 2. The van der Waals surface area contributed by atoms with Crippen LogP contribution < -0.4 is 9.64 Å². The van der Waals surface area contributed by atoms with Crippen molar-refractivity contribution in [3.8, 4) is 34.0 Å². The van der Waals surface area contributed by atoms with E-state index in [1.165, 1.54) is 38.5 Å². The van der Waals surface area contributed by atoms with Gasteiger partial charge in [-0.15, -0.1) is 0 Å². The fourth-order valence-electron chi connectivity index (χ4n) is 7.98. The number of para-hydroxylation sites is 4. The van der Waals surface area contributed by atoms with Gasteiger partial charge in [0.1, 0.15) is 0 Å². The van der Waals surface area contributed by atoms with Crippen molar-refractivity contribution < 1.29 is 24.1 Å². The number of rotatable bonds is 5. The van der Waals surface area contributed by atoms with Crippen LogP contribution in [0.3, 0.4) is 0 Å². The van der Waals surface area contributed by atoms with Crippen LogP contribution in [0, 0.1) is 15.9 Å². The van der Waals surface area contributed by atoms with Gasteiger partial charge in [-0.2, -0.15) is 0 Å². The van der Waals surface area contributed by atoms with Gasteiger partial charge in [0.25, 0.3) is 0 Å². The van der Waals surface area contributed by atoms with Crippen LogP contribution in [0.1, 0.15) is 31.9 Å². The van der Waals surface area contributed by atoms with E-state index in [4.69, 9.17) is 9.72 Å². The Morgan fingerprint density at radius 3 is 2.07 bits per heavy atom. The molecule has 0 atom stereocenters. The summed E-state index contributed by atoms with van der Waals surface area (Å²) in [5.41, 5.74) is 12.3. The van der Waals surface area contributed by atoms with E-state index in [1.54, 1.807) is 0 Å². The van der Waals surface area contributed by atoms with Crippen LogP contribution in [0.5, 0.6) is 11.5 Å². The molecule has 0 fully saturated rings. The zero-order valence-electron chi connectivity index (χ0n) is 30.9. The maximum atomic E-state index is 6.58. The molecule has 0 aliphatic carbocycles. The molecule has 6 nitrogen and oxygen atoms in total. The van der Waals surface area contributed by atoms with E-state index < -0.39 is 0 Å². The number of aryl methyl sites for hydroxylation is 1. The summed E-state index contributed by atoms with van der Waals surface area (Å²) in [6.45, 7) is 7.35. The minimum atomic E-state index is -0.0343. The molecule has 9 aromatic rings. The van der Waals surface area contributed by atoms with Gasteiger partial charge >= 0.3 is 196 Å². The van der Waals surface area contributed by atoms with Crippen LogP contribution in [0.25, 0.3) is 55.3 Å². The van der Waals surface area contributed by atoms with E-state index in [9.17, 15) is 0 Å². The number of pyridine rings is 1. The van der Waals surface area contributed by atoms with Crippen molar-refractivity contribution in [2.45, 2.75) is 32.7 Å². The molecular formula is C48H37N5OPt-2.